The van der Waals surface area contributed by atoms with Crippen molar-refractivity contribution in [1.29, 1.82) is 0 Å². The van der Waals surface area contributed by atoms with E-state index in [0.29, 0.717) is 18.6 Å². The Bertz CT molecular complexity index is 650. The van der Waals surface area contributed by atoms with Crippen LogP contribution in [-0.4, -0.2) is 47.0 Å². The SMILES string of the molecule is CCCC(OC(=O)c1ccccc1)[C@@H]1COC(C)(C)N1C(=O)OC(C)(C)C. The maximum Gasteiger partial charge on any atom is 0.413 e. The molecule has 1 unspecified atom stereocenters. The van der Waals surface area contributed by atoms with Gasteiger partial charge in [0.05, 0.1) is 18.2 Å². The van der Waals surface area contributed by atoms with Crippen LogP contribution in [0.4, 0.5) is 4.79 Å². The largest absolute Gasteiger partial charge is 0.456 e. The van der Waals surface area contributed by atoms with Gasteiger partial charge in [-0.15, -0.1) is 0 Å². The Labute approximate surface area is 161 Å². The number of benzene rings is 1. The summed E-state index contributed by atoms with van der Waals surface area (Å²) in [6, 6.07) is 8.46. The summed E-state index contributed by atoms with van der Waals surface area (Å²) in [4.78, 5) is 27.0. The fourth-order valence-corrected chi connectivity index (χ4v) is 3.17. The first kappa shape index (κ1) is 21.2. The molecule has 1 heterocycles. The Kier molecular flexibility index (Phi) is 6.52. The summed E-state index contributed by atoms with van der Waals surface area (Å²) in [6.07, 6.45) is 0.497. The van der Waals surface area contributed by atoms with Crippen LogP contribution in [0.15, 0.2) is 30.3 Å². The highest BCUT2D eigenvalue weighted by Gasteiger charge is 2.49. The zero-order valence-corrected chi connectivity index (χ0v) is 17.2. The number of hydrogen-bond donors (Lipinski definition) is 0. The first-order valence-corrected chi connectivity index (χ1v) is 9.47. The van der Waals surface area contributed by atoms with Crippen LogP contribution in [0.3, 0.4) is 0 Å². The van der Waals surface area contributed by atoms with Gasteiger partial charge in [-0.25, -0.2) is 9.59 Å². The third-order valence-electron chi connectivity index (χ3n) is 4.38. The smallest absolute Gasteiger partial charge is 0.413 e. The van der Waals surface area contributed by atoms with Crippen LogP contribution in [0.1, 0.15) is 64.7 Å². The van der Waals surface area contributed by atoms with E-state index in [-0.39, 0.29) is 0 Å². The van der Waals surface area contributed by atoms with Gasteiger partial charge in [-0.1, -0.05) is 31.5 Å². The molecule has 1 saturated heterocycles. The van der Waals surface area contributed by atoms with E-state index in [1.807, 2.05) is 47.6 Å². The molecule has 0 aromatic heterocycles. The van der Waals surface area contributed by atoms with E-state index in [4.69, 9.17) is 14.2 Å². The summed E-state index contributed by atoms with van der Waals surface area (Å²) in [5, 5.41) is 0. The van der Waals surface area contributed by atoms with Gasteiger partial charge < -0.3 is 14.2 Å². The Morgan fingerprint density at radius 2 is 1.89 bits per heavy atom. The van der Waals surface area contributed by atoms with Gasteiger partial charge in [0.2, 0.25) is 0 Å². The number of carbonyl (C=O) groups excluding carboxylic acids is 2. The molecule has 1 aromatic rings. The third-order valence-corrected chi connectivity index (χ3v) is 4.38. The number of esters is 1. The third kappa shape index (κ3) is 5.45. The fraction of sp³-hybridized carbons (Fsp3) is 0.619. The van der Waals surface area contributed by atoms with Crippen molar-refractivity contribution < 1.29 is 23.8 Å². The normalized spacial score (nSPS) is 20.2. The van der Waals surface area contributed by atoms with E-state index in [1.54, 1.807) is 29.2 Å². The summed E-state index contributed by atoms with van der Waals surface area (Å²) in [6.45, 7) is 11.4. The first-order chi connectivity index (χ1) is 12.5. The van der Waals surface area contributed by atoms with Gasteiger partial charge in [0, 0.05) is 0 Å². The molecule has 150 valence electrons. The second-order valence-corrected chi connectivity index (χ2v) is 8.27. The molecule has 0 radical (unpaired) electrons. The van der Waals surface area contributed by atoms with Gasteiger partial charge in [-0.05, 0) is 53.2 Å². The Morgan fingerprint density at radius 3 is 2.44 bits per heavy atom. The van der Waals surface area contributed by atoms with Crippen molar-refractivity contribution in [3.63, 3.8) is 0 Å². The number of amides is 1. The van der Waals surface area contributed by atoms with Crippen molar-refractivity contribution in [2.45, 2.75) is 77.9 Å². The summed E-state index contributed by atoms with van der Waals surface area (Å²) in [5.41, 5.74) is -0.972. The van der Waals surface area contributed by atoms with Crippen LogP contribution in [0, 0.1) is 0 Å². The second-order valence-electron chi connectivity index (χ2n) is 8.27. The standard InChI is InChI=1S/C21H31NO5/c1-7-11-17(26-18(23)15-12-9-8-10-13-15)16-14-25-21(5,6)22(16)19(24)27-20(2,3)4/h8-10,12-13,16-17H,7,11,14H2,1-6H3/t16-,17?/m0/s1. The molecule has 0 aliphatic carbocycles. The van der Waals surface area contributed by atoms with Crippen molar-refractivity contribution in [2.24, 2.45) is 0 Å². The fourth-order valence-electron chi connectivity index (χ4n) is 3.17. The first-order valence-electron chi connectivity index (χ1n) is 9.47. The minimum atomic E-state index is -0.835. The van der Waals surface area contributed by atoms with E-state index in [2.05, 4.69) is 0 Å². The summed E-state index contributed by atoms with van der Waals surface area (Å²) in [5.74, 6) is -0.400. The zero-order chi connectivity index (χ0) is 20.2. The molecule has 1 aromatic carbocycles. The monoisotopic (exact) mass is 377 g/mol. The summed E-state index contributed by atoms with van der Waals surface area (Å²) < 4.78 is 17.2. The van der Waals surface area contributed by atoms with Crippen LogP contribution in [0.2, 0.25) is 0 Å². The molecule has 0 spiro atoms. The van der Waals surface area contributed by atoms with Gasteiger partial charge in [-0.2, -0.15) is 0 Å². The molecule has 0 saturated carbocycles. The topological polar surface area (TPSA) is 65.1 Å². The van der Waals surface area contributed by atoms with Crippen molar-refractivity contribution >= 4 is 12.1 Å². The number of rotatable bonds is 5. The van der Waals surface area contributed by atoms with E-state index in [9.17, 15) is 9.59 Å². The number of ether oxygens (including phenoxy) is 3. The van der Waals surface area contributed by atoms with Crippen LogP contribution < -0.4 is 0 Å². The van der Waals surface area contributed by atoms with Gasteiger partial charge in [0.25, 0.3) is 0 Å². The molecular formula is C21H31NO5. The maximum atomic E-state index is 12.8. The van der Waals surface area contributed by atoms with Crippen molar-refractivity contribution in [1.82, 2.24) is 4.90 Å². The van der Waals surface area contributed by atoms with Crippen LogP contribution >= 0.6 is 0 Å². The lowest BCUT2D eigenvalue weighted by Gasteiger charge is -2.37. The number of hydrogen-bond acceptors (Lipinski definition) is 5. The molecule has 6 heteroatoms. The van der Waals surface area contributed by atoms with Gasteiger partial charge in [0.15, 0.2) is 0 Å². The lowest BCUT2D eigenvalue weighted by molar-refractivity contribution is -0.0697. The van der Waals surface area contributed by atoms with Crippen LogP contribution in [-0.2, 0) is 14.2 Å². The van der Waals surface area contributed by atoms with Crippen molar-refractivity contribution in [3.8, 4) is 0 Å². The van der Waals surface area contributed by atoms with Crippen LogP contribution in [0.5, 0.6) is 0 Å². The van der Waals surface area contributed by atoms with E-state index in [0.717, 1.165) is 6.42 Å². The Morgan fingerprint density at radius 1 is 1.26 bits per heavy atom. The molecule has 1 aliphatic heterocycles. The lowest BCUT2D eigenvalue weighted by Crippen LogP contribution is -2.54. The molecule has 0 N–H and O–H groups in total. The van der Waals surface area contributed by atoms with Gasteiger partial charge >= 0.3 is 12.1 Å². The van der Waals surface area contributed by atoms with Crippen LogP contribution in [0.25, 0.3) is 0 Å². The molecule has 2 atom stereocenters. The Balaban J connectivity index is 2.23. The Hall–Kier alpha value is -2.08. The highest BCUT2D eigenvalue weighted by atomic mass is 16.6. The predicted octanol–water partition coefficient (Wildman–Crippen LogP) is 4.38. The summed E-state index contributed by atoms with van der Waals surface area (Å²) in [7, 11) is 0. The minimum Gasteiger partial charge on any atom is -0.456 e. The quantitative estimate of drug-likeness (QED) is 0.712. The van der Waals surface area contributed by atoms with Gasteiger partial charge in [0.1, 0.15) is 17.4 Å². The maximum absolute atomic E-state index is 12.8. The average Bonchev–Trinajstić information content (AvgIpc) is 2.89. The second kappa shape index (κ2) is 8.30. The molecule has 1 fully saturated rings. The molecular weight excluding hydrogens is 346 g/mol. The van der Waals surface area contributed by atoms with E-state index >= 15 is 0 Å². The highest BCUT2D eigenvalue weighted by molar-refractivity contribution is 5.89. The zero-order valence-electron chi connectivity index (χ0n) is 17.2. The highest BCUT2D eigenvalue weighted by Crippen LogP contribution is 2.33. The van der Waals surface area contributed by atoms with Gasteiger partial charge in [-0.3, -0.25) is 4.90 Å². The lowest BCUT2D eigenvalue weighted by atomic mass is 10.0. The van der Waals surface area contributed by atoms with Crippen molar-refractivity contribution in [2.75, 3.05) is 6.61 Å². The predicted molar refractivity (Wildman–Crippen MR) is 102 cm³/mol. The molecule has 27 heavy (non-hydrogen) atoms. The molecule has 2 rings (SSSR count). The molecule has 1 amide bonds. The number of carbonyl (C=O) groups is 2. The summed E-state index contributed by atoms with van der Waals surface area (Å²) >= 11 is 0. The van der Waals surface area contributed by atoms with Crippen molar-refractivity contribution in [3.05, 3.63) is 35.9 Å². The van der Waals surface area contributed by atoms with E-state index in [1.165, 1.54) is 0 Å². The molecule has 0 bridgehead atoms. The molecule has 1 aliphatic rings. The van der Waals surface area contributed by atoms with E-state index < -0.39 is 35.5 Å². The molecule has 6 nitrogen and oxygen atoms in total. The minimum absolute atomic E-state index is 0.291. The number of nitrogens with zero attached hydrogens (tertiary/aromatic N) is 1. The average molecular weight is 377 g/mol.